The smallest absolute Gasteiger partial charge is 0.255 e. The van der Waals surface area contributed by atoms with Crippen LogP contribution in [0.3, 0.4) is 0 Å². The molecule has 0 spiro atoms. The quantitative estimate of drug-likeness (QED) is 0.892. The van der Waals surface area contributed by atoms with Crippen LogP contribution in [0.25, 0.3) is 11.3 Å². The van der Waals surface area contributed by atoms with Gasteiger partial charge >= 0.3 is 0 Å². The number of H-pyrrole nitrogens is 1. The third kappa shape index (κ3) is 3.92. The Morgan fingerprint density at radius 2 is 2.04 bits per heavy atom. The lowest BCUT2D eigenvalue weighted by Crippen LogP contribution is -2.50. The lowest BCUT2D eigenvalue weighted by atomic mass is 9.98. The fraction of sp³-hybridized carbons (Fsp3) is 0.611. The summed E-state index contributed by atoms with van der Waals surface area (Å²) >= 11 is 0. The minimum Gasteiger partial charge on any atom is -0.349 e. The molecule has 0 saturated carbocycles. The van der Waals surface area contributed by atoms with E-state index >= 15 is 0 Å². The molecule has 136 valence electrons. The summed E-state index contributed by atoms with van der Waals surface area (Å²) in [5, 5.41) is 14.4. The molecule has 3 rings (SSSR count). The number of aryl methyl sites for hydroxylation is 1. The molecule has 0 atom stereocenters. The molecule has 0 radical (unpaired) electrons. The second-order valence-corrected chi connectivity index (χ2v) is 7.65. The number of rotatable bonds is 4. The molecule has 2 N–H and O–H groups in total. The number of piperidine rings is 1. The van der Waals surface area contributed by atoms with Gasteiger partial charge in [-0.3, -0.25) is 19.5 Å². The highest BCUT2D eigenvalue weighted by atomic mass is 16.1. The van der Waals surface area contributed by atoms with Crippen molar-refractivity contribution in [3.8, 4) is 11.3 Å². The highest BCUT2D eigenvalue weighted by molar-refractivity contribution is 5.99. The van der Waals surface area contributed by atoms with Crippen LogP contribution in [0.4, 0.5) is 0 Å². The Kier molecular flexibility index (Phi) is 4.94. The molecule has 0 unspecified atom stereocenters. The van der Waals surface area contributed by atoms with Crippen molar-refractivity contribution in [1.29, 1.82) is 0 Å². The summed E-state index contributed by atoms with van der Waals surface area (Å²) < 4.78 is 1.83. The minimum absolute atomic E-state index is 0.0674. The molecule has 7 heteroatoms. The van der Waals surface area contributed by atoms with Gasteiger partial charge in [-0.2, -0.15) is 10.2 Å². The van der Waals surface area contributed by atoms with Gasteiger partial charge in [-0.05, 0) is 40.5 Å². The van der Waals surface area contributed by atoms with Crippen LogP contribution in [0.15, 0.2) is 18.6 Å². The van der Waals surface area contributed by atoms with Crippen LogP contribution in [-0.2, 0) is 6.54 Å². The van der Waals surface area contributed by atoms with E-state index in [0.717, 1.165) is 43.7 Å². The number of carbonyl (C=O) groups is 1. The molecule has 3 heterocycles. The summed E-state index contributed by atoms with van der Waals surface area (Å²) in [6.45, 7) is 11.6. The third-order valence-electron chi connectivity index (χ3n) is 4.91. The molecular weight excluding hydrogens is 316 g/mol. The van der Waals surface area contributed by atoms with E-state index in [2.05, 4.69) is 46.3 Å². The molecule has 1 amide bonds. The van der Waals surface area contributed by atoms with Gasteiger partial charge in [0.2, 0.25) is 0 Å². The number of likely N-dealkylation sites (tertiary alicyclic amines) is 1. The fourth-order valence-corrected chi connectivity index (χ4v) is 3.30. The molecule has 1 aliphatic heterocycles. The Morgan fingerprint density at radius 1 is 1.32 bits per heavy atom. The van der Waals surface area contributed by atoms with Crippen molar-refractivity contribution in [2.75, 3.05) is 13.1 Å². The third-order valence-corrected chi connectivity index (χ3v) is 4.91. The van der Waals surface area contributed by atoms with Gasteiger partial charge in [0.25, 0.3) is 5.91 Å². The molecule has 25 heavy (non-hydrogen) atoms. The Hall–Kier alpha value is -2.15. The summed E-state index contributed by atoms with van der Waals surface area (Å²) in [5.74, 6) is -0.0674. The molecule has 2 aromatic heterocycles. The highest BCUT2D eigenvalue weighted by Gasteiger charge is 2.28. The van der Waals surface area contributed by atoms with Crippen LogP contribution in [0.5, 0.6) is 0 Å². The van der Waals surface area contributed by atoms with E-state index in [4.69, 9.17) is 0 Å². The van der Waals surface area contributed by atoms with Gasteiger partial charge < -0.3 is 5.32 Å². The number of hydrogen-bond acceptors (Lipinski definition) is 4. The average molecular weight is 344 g/mol. The Balaban J connectivity index is 1.64. The largest absolute Gasteiger partial charge is 0.349 e. The SMILES string of the molecule is CCn1cc(-c2[nH]ncc2C(=O)NC2CCN(C(C)(C)C)CC2)cn1. The second-order valence-electron chi connectivity index (χ2n) is 7.65. The van der Waals surface area contributed by atoms with Crippen molar-refractivity contribution in [2.45, 2.75) is 58.7 Å². The van der Waals surface area contributed by atoms with E-state index in [1.165, 1.54) is 0 Å². The number of nitrogens with zero attached hydrogens (tertiary/aromatic N) is 4. The zero-order chi connectivity index (χ0) is 18.0. The van der Waals surface area contributed by atoms with Crippen molar-refractivity contribution < 1.29 is 4.79 Å². The van der Waals surface area contributed by atoms with Crippen molar-refractivity contribution in [3.63, 3.8) is 0 Å². The number of aromatic amines is 1. The van der Waals surface area contributed by atoms with Crippen LogP contribution < -0.4 is 5.32 Å². The van der Waals surface area contributed by atoms with Crippen molar-refractivity contribution in [1.82, 2.24) is 30.2 Å². The summed E-state index contributed by atoms with van der Waals surface area (Å²) in [4.78, 5) is 15.2. The number of carbonyl (C=O) groups excluding carboxylic acids is 1. The number of amides is 1. The first-order chi connectivity index (χ1) is 11.9. The molecule has 0 aromatic carbocycles. The number of aromatic nitrogens is 4. The van der Waals surface area contributed by atoms with E-state index in [1.807, 2.05) is 17.8 Å². The summed E-state index contributed by atoms with van der Waals surface area (Å²) in [6.07, 6.45) is 7.23. The first kappa shape index (κ1) is 17.7. The first-order valence-corrected chi connectivity index (χ1v) is 9.00. The van der Waals surface area contributed by atoms with Gasteiger partial charge in [-0.25, -0.2) is 0 Å². The molecule has 2 aromatic rings. The predicted molar refractivity (Wildman–Crippen MR) is 97.3 cm³/mol. The van der Waals surface area contributed by atoms with Gasteiger partial charge in [-0.15, -0.1) is 0 Å². The zero-order valence-electron chi connectivity index (χ0n) is 15.5. The molecule has 1 aliphatic rings. The van der Waals surface area contributed by atoms with Crippen molar-refractivity contribution >= 4 is 5.91 Å². The monoisotopic (exact) mass is 344 g/mol. The van der Waals surface area contributed by atoms with Crippen molar-refractivity contribution in [3.05, 3.63) is 24.2 Å². The maximum atomic E-state index is 12.7. The molecule has 0 bridgehead atoms. The average Bonchev–Trinajstić information content (AvgIpc) is 3.23. The lowest BCUT2D eigenvalue weighted by molar-refractivity contribution is 0.0813. The minimum atomic E-state index is -0.0674. The van der Waals surface area contributed by atoms with Crippen LogP contribution in [0.2, 0.25) is 0 Å². The molecule has 0 aliphatic carbocycles. The van der Waals surface area contributed by atoms with Gasteiger partial charge in [0.1, 0.15) is 0 Å². The summed E-state index contributed by atoms with van der Waals surface area (Å²) in [7, 11) is 0. The van der Waals surface area contributed by atoms with Crippen LogP contribution >= 0.6 is 0 Å². The van der Waals surface area contributed by atoms with Gasteiger partial charge in [-0.1, -0.05) is 0 Å². The molecule has 7 nitrogen and oxygen atoms in total. The van der Waals surface area contributed by atoms with Crippen LogP contribution in [0.1, 0.15) is 50.9 Å². The van der Waals surface area contributed by atoms with Gasteiger partial charge in [0, 0.05) is 43.0 Å². The first-order valence-electron chi connectivity index (χ1n) is 9.00. The molecule has 1 saturated heterocycles. The zero-order valence-corrected chi connectivity index (χ0v) is 15.5. The highest BCUT2D eigenvalue weighted by Crippen LogP contribution is 2.23. The van der Waals surface area contributed by atoms with E-state index in [1.54, 1.807) is 12.4 Å². The van der Waals surface area contributed by atoms with Gasteiger partial charge in [0.05, 0.1) is 23.7 Å². The number of nitrogens with one attached hydrogen (secondary N) is 2. The number of hydrogen-bond donors (Lipinski definition) is 2. The normalized spacial score (nSPS) is 17.0. The van der Waals surface area contributed by atoms with Gasteiger partial charge in [0.15, 0.2) is 0 Å². The van der Waals surface area contributed by atoms with E-state index in [-0.39, 0.29) is 17.5 Å². The Bertz CT molecular complexity index is 718. The van der Waals surface area contributed by atoms with Crippen LogP contribution in [0, 0.1) is 0 Å². The lowest BCUT2D eigenvalue weighted by Gasteiger charge is -2.41. The Morgan fingerprint density at radius 3 is 2.64 bits per heavy atom. The summed E-state index contributed by atoms with van der Waals surface area (Å²) in [6, 6.07) is 0.215. The standard InChI is InChI=1S/C18H28N6O/c1-5-24-12-13(10-20-24)16-15(11-19-22-16)17(25)21-14-6-8-23(9-7-14)18(2,3)4/h10-12,14H,5-9H2,1-4H3,(H,19,22)(H,21,25). The van der Waals surface area contributed by atoms with Crippen LogP contribution in [-0.4, -0.2) is 55.5 Å². The second kappa shape index (κ2) is 7.00. The maximum absolute atomic E-state index is 12.7. The topological polar surface area (TPSA) is 78.8 Å². The summed E-state index contributed by atoms with van der Waals surface area (Å²) in [5.41, 5.74) is 2.37. The molecular formula is C18H28N6O. The van der Waals surface area contributed by atoms with Crippen molar-refractivity contribution in [2.24, 2.45) is 0 Å². The fourth-order valence-electron chi connectivity index (χ4n) is 3.30. The van der Waals surface area contributed by atoms with E-state index < -0.39 is 0 Å². The Labute approximate surface area is 148 Å². The molecule has 1 fully saturated rings. The van der Waals surface area contributed by atoms with E-state index in [9.17, 15) is 4.79 Å². The van der Waals surface area contributed by atoms with E-state index in [0.29, 0.717) is 5.56 Å². The maximum Gasteiger partial charge on any atom is 0.255 e. The predicted octanol–water partition coefficient (Wildman–Crippen LogP) is 2.29.